The predicted molar refractivity (Wildman–Crippen MR) is 73.8 cm³/mol. The fourth-order valence-corrected chi connectivity index (χ4v) is 1.93. The van der Waals surface area contributed by atoms with Crippen molar-refractivity contribution in [3.8, 4) is 0 Å². The summed E-state index contributed by atoms with van der Waals surface area (Å²) < 4.78 is 13.5. The van der Waals surface area contributed by atoms with E-state index in [1.807, 2.05) is 0 Å². The first kappa shape index (κ1) is 14.4. The molecule has 2 aromatic rings. The number of nitro groups is 1. The van der Waals surface area contributed by atoms with Crippen molar-refractivity contribution >= 4 is 17.3 Å². The molecule has 0 aliphatic carbocycles. The molecule has 0 amide bonds. The molecule has 0 aliphatic heterocycles. The van der Waals surface area contributed by atoms with Crippen molar-refractivity contribution < 1.29 is 19.2 Å². The number of para-hydroxylation sites is 1. The Balaban J connectivity index is 2.32. The van der Waals surface area contributed by atoms with Crippen LogP contribution < -0.4 is 5.32 Å². The van der Waals surface area contributed by atoms with E-state index in [1.54, 1.807) is 6.07 Å². The Morgan fingerprint density at radius 1 is 1.24 bits per heavy atom. The molecule has 0 unspecified atom stereocenters. The van der Waals surface area contributed by atoms with Crippen molar-refractivity contribution in [1.29, 1.82) is 0 Å². The molecule has 0 atom stereocenters. The van der Waals surface area contributed by atoms with Crippen LogP contribution in [-0.4, -0.2) is 16.0 Å². The van der Waals surface area contributed by atoms with Gasteiger partial charge < -0.3 is 10.4 Å². The SMILES string of the molecule is O=C(O)c1c(CNc2ccccc2F)cccc1[N+](=O)[O-]. The molecule has 0 fully saturated rings. The lowest BCUT2D eigenvalue weighted by Gasteiger charge is -2.10. The molecule has 0 aromatic heterocycles. The fourth-order valence-electron chi connectivity index (χ4n) is 1.93. The third-order valence-electron chi connectivity index (χ3n) is 2.88. The van der Waals surface area contributed by atoms with Crippen molar-refractivity contribution in [2.24, 2.45) is 0 Å². The second kappa shape index (κ2) is 6.00. The van der Waals surface area contributed by atoms with Gasteiger partial charge in [-0.25, -0.2) is 9.18 Å². The zero-order valence-electron chi connectivity index (χ0n) is 10.7. The number of benzene rings is 2. The Kier molecular flexibility index (Phi) is 4.13. The summed E-state index contributed by atoms with van der Waals surface area (Å²) in [6.45, 7) is -0.0375. The topological polar surface area (TPSA) is 92.5 Å². The zero-order chi connectivity index (χ0) is 15.4. The Hall–Kier alpha value is -2.96. The van der Waals surface area contributed by atoms with Gasteiger partial charge in [-0.1, -0.05) is 24.3 Å². The number of halogens is 1. The molecule has 0 heterocycles. The smallest absolute Gasteiger partial charge is 0.343 e. The number of nitro benzene ring substituents is 1. The van der Waals surface area contributed by atoms with Crippen LogP contribution in [0.2, 0.25) is 0 Å². The van der Waals surface area contributed by atoms with E-state index in [4.69, 9.17) is 5.11 Å². The van der Waals surface area contributed by atoms with E-state index >= 15 is 0 Å². The Bertz CT molecular complexity index is 703. The normalized spacial score (nSPS) is 10.1. The summed E-state index contributed by atoms with van der Waals surface area (Å²) in [6, 6.07) is 9.86. The molecule has 2 N–H and O–H groups in total. The molecular formula is C14H11FN2O4. The maximum Gasteiger partial charge on any atom is 0.343 e. The molecule has 0 radical (unpaired) electrons. The van der Waals surface area contributed by atoms with Gasteiger partial charge in [-0.2, -0.15) is 0 Å². The number of carbonyl (C=O) groups is 1. The number of anilines is 1. The average Bonchev–Trinajstić information content (AvgIpc) is 2.45. The number of rotatable bonds is 5. The minimum atomic E-state index is -1.40. The molecule has 0 saturated carbocycles. The van der Waals surface area contributed by atoms with E-state index in [-0.39, 0.29) is 17.8 Å². The van der Waals surface area contributed by atoms with Gasteiger partial charge in [-0.15, -0.1) is 0 Å². The number of hydrogen-bond donors (Lipinski definition) is 2. The Labute approximate surface area is 119 Å². The van der Waals surface area contributed by atoms with E-state index in [0.717, 1.165) is 6.07 Å². The number of carboxylic acid groups (broad SMARTS) is 1. The van der Waals surface area contributed by atoms with Crippen LogP contribution in [0.25, 0.3) is 0 Å². The Morgan fingerprint density at radius 3 is 2.57 bits per heavy atom. The molecule has 2 aromatic carbocycles. The van der Waals surface area contributed by atoms with Gasteiger partial charge in [0.15, 0.2) is 0 Å². The molecule has 0 aliphatic rings. The number of carboxylic acids is 1. The molecule has 7 heteroatoms. The number of aromatic carboxylic acids is 1. The summed E-state index contributed by atoms with van der Waals surface area (Å²) in [5.41, 5.74) is -0.484. The lowest BCUT2D eigenvalue weighted by molar-refractivity contribution is -0.385. The van der Waals surface area contributed by atoms with Gasteiger partial charge in [-0.05, 0) is 17.7 Å². The van der Waals surface area contributed by atoms with Gasteiger partial charge >= 0.3 is 5.97 Å². The van der Waals surface area contributed by atoms with Gasteiger partial charge in [0.2, 0.25) is 0 Å². The third-order valence-corrected chi connectivity index (χ3v) is 2.88. The van der Waals surface area contributed by atoms with Crippen LogP contribution in [0, 0.1) is 15.9 Å². The summed E-state index contributed by atoms with van der Waals surface area (Å²) in [5.74, 6) is -1.88. The molecule has 0 spiro atoms. The van der Waals surface area contributed by atoms with E-state index in [9.17, 15) is 19.3 Å². The molecule has 0 bridgehead atoms. The third kappa shape index (κ3) is 3.14. The lowest BCUT2D eigenvalue weighted by atomic mass is 10.1. The monoisotopic (exact) mass is 290 g/mol. The highest BCUT2D eigenvalue weighted by molar-refractivity contribution is 5.94. The molecule has 0 saturated heterocycles. The first-order chi connectivity index (χ1) is 10.0. The minimum absolute atomic E-state index is 0.0375. The Morgan fingerprint density at radius 2 is 1.95 bits per heavy atom. The summed E-state index contributed by atoms with van der Waals surface area (Å²) in [6.07, 6.45) is 0. The molecular weight excluding hydrogens is 279 g/mol. The predicted octanol–water partition coefficient (Wildman–Crippen LogP) is 3.04. The summed E-state index contributed by atoms with van der Waals surface area (Å²) in [5, 5.41) is 22.7. The molecule has 2 rings (SSSR count). The van der Waals surface area contributed by atoms with Crippen LogP contribution >= 0.6 is 0 Å². The minimum Gasteiger partial charge on any atom is -0.477 e. The molecule has 108 valence electrons. The highest BCUT2D eigenvalue weighted by Crippen LogP contribution is 2.23. The lowest BCUT2D eigenvalue weighted by Crippen LogP contribution is -2.10. The van der Waals surface area contributed by atoms with E-state index < -0.39 is 28.0 Å². The average molecular weight is 290 g/mol. The highest BCUT2D eigenvalue weighted by Gasteiger charge is 2.23. The van der Waals surface area contributed by atoms with Gasteiger partial charge in [0, 0.05) is 12.6 Å². The number of nitrogens with zero attached hydrogens (tertiary/aromatic N) is 1. The quantitative estimate of drug-likeness (QED) is 0.652. The summed E-state index contributed by atoms with van der Waals surface area (Å²) in [7, 11) is 0. The van der Waals surface area contributed by atoms with Crippen molar-refractivity contribution in [3.63, 3.8) is 0 Å². The summed E-state index contributed by atoms with van der Waals surface area (Å²) in [4.78, 5) is 21.3. The second-order valence-corrected chi connectivity index (χ2v) is 4.21. The van der Waals surface area contributed by atoms with Crippen LogP contribution in [0.4, 0.5) is 15.8 Å². The van der Waals surface area contributed by atoms with Crippen molar-refractivity contribution in [2.75, 3.05) is 5.32 Å². The zero-order valence-corrected chi connectivity index (χ0v) is 10.7. The van der Waals surface area contributed by atoms with Crippen molar-refractivity contribution in [2.45, 2.75) is 6.54 Å². The van der Waals surface area contributed by atoms with E-state index in [0.29, 0.717) is 0 Å². The van der Waals surface area contributed by atoms with Gasteiger partial charge in [0.25, 0.3) is 5.69 Å². The first-order valence-electron chi connectivity index (χ1n) is 5.98. The van der Waals surface area contributed by atoms with Crippen LogP contribution in [0.5, 0.6) is 0 Å². The largest absolute Gasteiger partial charge is 0.477 e. The standard InChI is InChI=1S/C14H11FN2O4/c15-10-5-1-2-6-11(10)16-8-9-4-3-7-12(17(20)21)13(9)14(18)19/h1-7,16H,8H2,(H,18,19). The maximum absolute atomic E-state index is 13.5. The van der Waals surface area contributed by atoms with Gasteiger partial charge in [-0.3, -0.25) is 10.1 Å². The van der Waals surface area contributed by atoms with Gasteiger partial charge in [0.05, 0.1) is 10.6 Å². The van der Waals surface area contributed by atoms with E-state index in [1.165, 1.54) is 30.3 Å². The summed E-state index contributed by atoms with van der Waals surface area (Å²) >= 11 is 0. The molecule has 21 heavy (non-hydrogen) atoms. The van der Waals surface area contributed by atoms with Gasteiger partial charge in [0.1, 0.15) is 11.4 Å². The maximum atomic E-state index is 13.5. The van der Waals surface area contributed by atoms with Crippen molar-refractivity contribution in [3.05, 3.63) is 69.5 Å². The molecule has 6 nitrogen and oxygen atoms in total. The number of hydrogen-bond acceptors (Lipinski definition) is 4. The van der Waals surface area contributed by atoms with E-state index in [2.05, 4.69) is 5.32 Å². The van der Waals surface area contributed by atoms with Crippen LogP contribution in [0.1, 0.15) is 15.9 Å². The van der Waals surface area contributed by atoms with Crippen molar-refractivity contribution in [1.82, 2.24) is 0 Å². The van der Waals surface area contributed by atoms with Crippen LogP contribution in [0.3, 0.4) is 0 Å². The van der Waals surface area contributed by atoms with Crippen LogP contribution in [0.15, 0.2) is 42.5 Å². The van der Waals surface area contributed by atoms with Crippen LogP contribution in [-0.2, 0) is 6.54 Å². The highest BCUT2D eigenvalue weighted by atomic mass is 19.1. The number of nitrogens with one attached hydrogen (secondary N) is 1. The second-order valence-electron chi connectivity index (χ2n) is 4.21. The fraction of sp³-hybridized carbons (Fsp3) is 0.0714. The first-order valence-corrected chi connectivity index (χ1v) is 5.98.